The number of aromatic amines is 1. The Labute approximate surface area is 198 Å². The van der Waals surface area contributed by atoms with E-state index in [-0.39, 0.29) is 17.7 Å². The summed E-state index contributed by atoms with van der Waals surface area (Å²) in [6, 6.07) is 18.7. The Morgan fingerprint density at radius 2 is 1.86 bits per heavy atom. The monoisotopic (exact) mass is 479 g/mol. The highest BCUT2D eigenvalue weighted by Crippen LogP contribution is 2.32. The maximum Gasteiger partial charge on any atom is 0.573 e. The Kier molecular flexibility index (Phi) is 6.64. The van der Waals surface area contributed by atoms with E-state index >= 15 is 0 Å². The molecule has 0 spiro atoms. The van der Waals surface area contributed by atoms with Crippen LogP contribution in [0.5, 0.6) is 11.5 Å². The van der Waals surface area contributed by atoms with Crippen LogP contribution in [0.2, 0.25) is 0 Å². The molecule has 0 fully saturated rings. The van der Waals surface area contributed by atoms with Gasteiger partial charge in [0.15, 0.2) is 0 Å². The number of nitriles is 1. The quantitative estimate of drug-likeness (QED) is 0.317. The first-order valence-corrected chi connectivity index (χ1v) is 10.7. The number of hydrogen-bond donors (Lipinski definition) is 3. The molecule has 1 aromatic heterocycles. The van der Waals surface area contributed by atoms with E-state index in [0.717, 1.165) is 22.5 Å². The number of aromatic nitrogens is 1. The minimum atomic E-state index is -5.00. The van der Waals surface area contributed by atoms with Crippen LogP contribution in [0.15, 0.2) is 72.9 Å². The lowest BCUT2D eigenvalue weighted by Crippen LogP contribution is -2.36. The van der Waals surface area contributed by atoms with Crippen LogP contribution in [-0.4, -0.2) is 28.4 Å². The Hall–Kier alpha value is -4.45. The first kappa shape index (κ1) is 23.7. The second-order valence-corrected chi connectivity index (χ2v) is 7.91. The number of amides is 1. The van der Waals surface area contributed by atoms with Crippen LogP contribution < -0.4 is 10.1 Å². The zero-order valence-corrected chi connectivity index (χ0v) is 18.3. The van der Waals surface area contributed by atoms with Crippen molar-refractivity contribution in [2.45, 2.75) is 25.2 Å². The highest BCUT2D eigenvalue weighted by Gasteiger charge is 2.33. The minimum Gasteiger partial charge on any atom is -0.508 e. The molecule has 3 N–H and O–H groups in total. The van der Waals surface area contributed by atoms with Crippen LogP contribution >= 0.6 is 0 Å². The topological polar surface area (TPSA) is 98.1 Å². The van der Waals surface area contributed by atoms with Crippen molar-refractivity contribution in [3.63, 3.8) is 0 Å². The number of aromatic hydroxyl groups is 1. The van der Waals surface area contributed by atoms with Gasteiger partial charge < -0.3 is 20.1 Å². The number of halogens is 3. The third kappa shape index (κ3) is 5.73. The Morgan fingerprint density at radius 3 is 2.60 bits per heavy atom. The molecule has 1 atom stereocenters. The summed E-state index contributed by atoms with van der Waals surface area (Å²) in [6.45, 7) is 0. The molecule has 0 aliphatic heterocycles. The molecular weight excluding hydrogens is 459 g/mol. The lowest BCUT2D eigenvalue weighted by Gasteiger charge is -2.19. The molecule has 1 unspecified atom stereocenters. The van der Waals surface area contributed by atoms with E-state index in [2.05, 4.69) is 15.0 Å². The minimum absolute atomic E-state index is 0.0306. The van der Waals surface area contributed by atoms with E-state index in [1.165, 1.54) is 24.3 Å². The summed E-state index contributed by atoms with van der Waals surface area (Å²) in [6.07, 6.45) is -2.97. The lowest BCUT2D eigenvalue weighted by atomic mass is 10.00. The van der Waals surface area contributed by atoms with Crippen molar-refractivity contribution >= 4 is 16.8 Å². The number of benzene rings is 3. The normalized spacial score (nSPS) is 12.2. The van der Waals surface area contributed by atoms with Crippen LogP contribution in [0.3, 0.4) is 0 Å². The first-order valence-electron chi connectivity index (χ1n) is 10.7. The number of nitrogens with zero attached hydrogens (tertiary/aromatic N) is 1. The molecule has 0 aliphatic carbocycles. The van der Waals surface area contributed by atoms with Crippen molar-refractivity contribution in [3.8, 4) is 28.7 Å². The highest BCUT2D eigenvalue weighted by atomic mass is 19.4. The van der Waals surface area contributed by atoms with Gasteiger partial charge in [-0.1, -0.05) is 36.4 Å². The molecule has 0 bridgehead atoms. The Bertz CT molecular complexity index is 1410. The van der Waals surface area contributed by atoms with Gasteiger partial charge in [0.1, 0.15) is 11.5 Å². The van der Waals surface area contributed by atoms with Gasteiger partial charge in [0.05, 0.1) is 18.1 Å². The van der Waals surface area contributed by atoms with Crippen molar-refractivity contribution in [2.75, 3.05) is 0 Å². The van der Waals surface area contributed by atoms with Crippen LogP contribution in [0.1, 0.15) is 22.3 Å². The molecule has 4 aromatic rings. The maximum absolute atomic E-state index is 13.2. The fourth-order valence-corrected chi connectivity index (χ4v) is 3.90. The third-order valence-electron chi connectivity index (χ3n) is 5.44. The predicted molar refractivity (Wildman–Crippen MR) is 124 cm³/mol. The van der Waals surface area contributed by atoms with Gasteiger partial charge in [0.25, 0.3) is 5.91 Å². The summed E-state index contributed by atoms with van der Waals surface area (Å²) in [5, 5.41) is 22.6. The first-order chi connectivity index (χ1) is 16.7. The second-order valence-electron chi connectivity index (χ2n) is 7.91. The number of alkyl halides is 3. The van der Waals surface area contributed by atoms with Crippen LogP contribution in [0.25, 0.3) is 22.0 Å². The average molecular weight is 479 g/mol. The molecule has 0 saturated carbocycles. The zero-order valence-electron chi connectivity index (χ0n) is 18.3. The SMILES string of the molecule is N#CCC(Cc1c[nH]c2ccccc12)NC(=O)c1cc(-c2cccc(O)c2)ccc1OC(F)(F)F. The molecule has 0 radical (unpaired) electrons. The number of H-pyrrole nitrogens is 1. The molecule has 9 heteroatoms. The van der Waals surface area contributed by atoms with E-state index in [1.54, 1.807) is 18.3 Å². The van der Waals surface area contributed by atoms with Gasteiger partial charge in [-0.05, 0) is 53.4 Å². The van der Waals surface area contributed by atoms with Gasteiger partial charge in [0, 0.05) is 23.1 Å². The number of rotatable bonds is 7. The number of carbonyl (C=O) groups is 1. The smallest absolute Gasteiger partial charge is 0.508 e. The average Bonchev–Trinajstić information content (AvgIpc) is 3.21. The van der Waals surface area contributed by atoms with Crippen LogP contribution in [0.4, 0.5) is 13.2 Å². The molecule has 0 aliphatic rings. The number of phenols is 1. The molecular formula is C26H20F3N3O3. The molecule has 35 heavy (non-hydrogen) atoms. The van der Waals surface area contributed by atoms with Crippen molar-refractivity contribution in [1.29, 1.82) is 5.26 Å². The number of carbonyl (C=O) groups excluding carboxylic acids is 1. The van der Waals surface area contributed by atoms with Gasteiger partial charge in [-0.2, -0.15) is 5.26 Å². The molecule has 0 saturated heterocycles. The number of hydrogen-bond acceptors (Lipinski definition) is 4. The summed E-state index contributed by atoms with van der Waals surface area (Å²) in [5.74, 6) is -1.51. The van der Waals surface area contributed by atoms with Crippen molar-refractivity contribution in [3.05, 3.63) is 84.1 Å². The number of para-hydroxylation sites is 1. The van der Waals surface area contributed by atoms with E-state index < -0.39 is 24.1 Å². The van der Waals surface area contributed by atoms with Gasteiger partial charge >= 0.3 is 6.36 Å². The van der Waals surface area contributed by atoms with E-state index in [1.807, 2.05) is 30.3 Å². The van der Waals surface area contributed by atoms with Crippen LogP contribution in [-0.2, 0) is 6.42 Å². The largest absolute Gasteiger partial charge is 0.573 e. The van der Waals surface area contributed by atoms with Crippen molar-refractivity contribution in [2.24, 2.45) is 0 Å². The number of phenolic OH excluding ortho intramolecular Hbond substituents is 1. The summed E-state index contributed by atoms with van der Waals surface area (Å²) >= 11 is 0. The maximum atomic E-state index is 13.2. The van der Waals surface area contributed by atoms with Crippen LogP contribution in [0, 0.1) is 11.3 Å². The molecule has 4 rings (SSSR count). The van der Waals surface area contributed by atoms with Crippen molar-refractivity contribution in [1.82, 2.24) is 10.3 Å². The highest BCUT2D eigenvalue weighted by molar-refractivity contribution is 5.98. The molecule has 1 heterocycles. The van der Waals surface area contributed by atoms with Gasteiger partial charge in [-0.3, -0.25) is 4.79 Å². The summed E-state index contributed by atoms with van der Waals surface area (Å²) in [7, 11) is 0. The fraction of sp³-hybridized carbons (Fsp3) is 0.154. The zero-order chi connectivity index (χ0) is 25.0. The van der Waals surface area contributed by atoms with Gasteiger partial charge in [-0.15, -0.1) is 13.2 Å². The lowest BCUT2D eigenvalue weighted by molar-refractivity contribution is -0.274. The van der Waals surface area contributed by atoms with Gasteiger partial charge in [0.2, 0.25) is 0 Å². The summed E-state index contributed by atoms with van der Waals surface area (Å²) in [5.41, 5.74) is 2.33. The summed E-state index contributed by atoms with van der Waals surface area (Å²) < 4.78 is 43.1. The number of ether oxygens (including phenoxy) is 1. The third-order valence-corrected chi connectivity index (χ3v) is 5.44. The molecule has 1 amide bonds. The Morgan fingerprint density at radius 1 is 1.09 bits per heavy atom. The predicted octanol–water partition coefficient (Wildman–Crippen LogP) is 5.69. The second kappa shape index (κ2) is 9.81. The molecule has 6 nitrogen and oxygen atoms in total. The molecule has 178 valence electrons. The van der Waals surface area contributed by atoms with E-state index in [4.69, 9.17) is 0 Å². The summed E-state index contributed by atoms with van der Waals surface area (Å²) in [4.78, 5) is 16.3. The standard InChI is InChI=1S/C26H20F3N3O3/c27-26(28,29)35-24-9-8-17(16-4-3-5-20(33)13-16)14-22(24)25(34)32-19(10-11-30)12-18-15-31-23-7-2-1-6-21(18)23/h1-9,13-15,19,31,33H,10,12H2,(H,32,34). The van der Waals surface area contributed by atoms with E-state index in [9.17, 15) is 28.3 Å². The molecule has 3 aromatic carbocycles. The fourth-order valence-electron chi connectivity index (χ4n) is 3.90. The number of nitrogens with one attached hydrogen (secondary N) is 2. The van der Waals surface area contributed by atoms with E-state index in [0.29, 0.717) is 17.5 Å². The van der Waals surface area contributed by atoms with Crippen molar-refractivity contribution < 1.29 is 27.8 Å². The van der Waals surface area contributed by atoms with Gasteiger partial charge in [-0.25, -0.2) is 0 Å². The Balaban J connectivity index is 1.65. The number of fused-ring (bicyclic) bond motifs is 1.